The van der Waals surface area contributed by atoms with Gasteiger partial charge in [0.05, 0.1) is 10.6 Å². The first-order valence-electron chi connectivity index (χ1n) is 4.84. The van der Waals surface area contributed by atoms with Crippen molar-refractivity contribution in [2.45, 2.75) is 0 Å². The van der Waals surface area contributed by atoms with E-state index in [0.717, 1.165) is 0 Å². The maximum absolute atomic E-state index is 11.9. The molecule has 1 aromatic heterocycles. The third-order valence-corrected chi connectivity index (χ3v) is 2.64. The minimum Gasteiger partial charge on any atom is -0.322 e. The number of amides is 1. The molecule has 0 atom stereocenters. The highest BCUT2D eigenvalue weighted by molar-refractivity contribution is 6.34. The lowest BCUT2D eigenvalue weighted by Gasteiger charge is -2.06. The molecule has 0 radical (unpaired) electrons. The zero-order chi connectivity index (χ0) is 12.3. The predicted molar refractivity (Wildman–Crippen MR) is 68.7 cm³/mol. The van der Waals surface area contributed by atoms with Crippen LogP contribution in [0.5, 0.6) is 0 Å². The number of anilines is 1. The zero-order valence-electron chi connectivity index (χ0n) is 8.65. The predicted octanol–water partition coefficient (Wildman–Crippen LogP) is 3.64. The zero-order valence-corrected chi connectivity index (χ0v) is 10.2. The van der Waals surface area contributed by atoms with E-state index in [-0.39, 0.29) is 5.91 Å². The largest absolute Gasteiger partial charge is 0.322 e. The van der Waals surface area contributed by atoms with Crippen molar-refractivity contribution in [1.29, 1.82) is 0 Å². The summed E-state index contributed by atoms with van der Waals surface area (Å²) in [6.45, 7) is 0. The van der Waals surface area contributed by atoms with E-state index in [2.05, 4.69) is 10.3 Å². The Bertz CT molecular complexity index is 558. The van der Waals surface area contributed by atoms with Gasteiger partial charge < -0.3 is 5.32 Å². The van der Waals surface area contributed by atoms with Crippen molar-refractivity contribution in [3.63, 3.8) is 0 Å². The van der Waals surface area contributed by atoms with Gasteiger partial charge in [0.15, 0.2) is 0 Å². The van der Waals surface area contributed by atoms with Crippen LogP contribution in [0.15, 0.2) is 42.6 Å². The molecule has 86 valence electrons. The molecular formula is C12H8Cl2N2O. The van der Waals surface area contributed by atoms with E-state index in [0.29, 0.717) is 21.4 Å². The summed E-state index contributed by atoms with van der Waals surface area (Å²) in [5.74, 6) is -0.280. The molecule has 0 saturated carbocycles. The van der Waals surface area contributed by atoms with Crippen LogP contribution >= 0.6 is 23.2 Å². The molecular weight excluding hydrogens is 259 g/mol. The number of rotatable bonds is 2. The van der Waals surface area contributed by atoms with Crippen LogP contribution in [0.25, 0.3) is 0 Å². The Morgan fingerprint density at radius 2 is 1.94 bits per heavy atom. The summed E-state index contributed by atoms with van der Waals surface area (Å²) in [5, 5.41) is 3.42. The number of hydrogen-bond acceptors (Lipinski definition) is 2. The molecule has 2 aromatic rings. The molecule has 0 unspecified atom stereocenters. The quantitative estimate of drug-likeness (QED) is 0.844. The van der Waals surface area contributed by atoms with E-state index in [1.807, 2.05) is 0 Å². The summed E-state index contributed by atoms with van der Waals surface area (Å²) in [4.78, 5) is 15.7. The molecule has 1 N–H and O–H groups in total. The topological polar surface area (TPSA) is 42.0 Å². The molecule has 0 spiro atoms. The molecule has 0 saturated heterocycles. The van der Waals surface area contributed by atoms with E-state index in [1.165, 1.54) is 6.20 Å². The van der Waals surface area contributed by atoms with Crippen molar-refractivity contribution < 1.29 is 4.79 Å². The lowest BCUT2D eigenvalue weighted by molar-refractivity contribution is 0.102. The summed E-state index contributed by atoms with van der Waals surface area (Å²) in [6.07, 6.45) is 1.52. The van der Waals surface area contributed by atoms with Gasteiger partial charge in [0.25, 0.3) is 5.91 Å². The minimum absolute atomic E-state index is 0.280. The Morgan fingerprint density at radius 1 is 1.18 bits per heavy atom. The Balaban J connectivity index is 2.20. The monoisotopic (exact) mass is 266 g/mol. The number of nitrogens with zero attached hydrogens (tertiary/aromatic N) is 1. The molecule has 5 heteroatoms. The van der Waals surface area contributed by atoms with E-state index < -0.39 is 0 Å². The van der Waals surface area contributed by atoms with Gasteiger partial charge in [0, 0.05) is 11.9 Å². The van der Waals surface area contributed by atoms with Gasteiger partial charge >= 0.3 is 0 Å². The molecule has 0 aliphatic carbocycles. The highest BCUT2D eigenvalue weighted by Crippen LogP contribution is 2.18. The smallest absolute Gasteiger partial charge is 0.257 e. The summed E-state index contributed by atoms with van der Waals surface area (Å²) in [7, 11) is 0. The first-order chi connectivity index (χ1) is 8.16. The molecule has 2 rings (SSSR count). The van der Waals surface area contributed by atoms with E-state index >= 15 is 0 Å². The van der Waals surface area contributed by atoms with Crippen LogP contribution in [0.3, 0.4) is 0 Å². The molecule has 0 bridgehead atoms. The summed E-state index contributed by atoms with van der Waals surface area (Å²) in [5.41, 5.74) is 0.997. The molecule has 1 amide bonds. The number of hydrogen-bond donors (Lipinski definition) is 1. The lowest BCUT2D eigenvalue weighted by atomic mass is 10.2. The molecule has 17 heavy (non-hydrogen) atoms. The normalized spacial score (nSPS) is 10.0. The Labute approximate surface area is 108 Å². The fourth-order valence-electron chi connectivity index (χ4n) is 1.32. The number of pyridine rings is 1. The van der Waals surface area contributed by atoms with Crippen LogP contribution in [0, 0.1) is 0 Å². The van der Waals surface area contributed by atoms with Gasteiger partial charge in [0.2, 0.25) is 0 Å². The van der Waals surface area contributed by atoms with Crippen LogP contribution in [-0.4, -0.2) is 10.9 Å². The number of carbonyl (C=O) groups is 1. The molecule has 3 nitrogen and oxygen atoms in total. The van der Waals surface area contributed by atoms with Crippen LogP contribution in [0.2, 0.25) is 10.2 Å². The first kappa shape index (κ1) is 11.9. The van der Waals surface area contributed by atoms with Crippen LogP contribution in [0.4, 0.5) is 5.69 Å². The second-order valence-electron chi connectivity index (χ2n) is 3.30. The van der Waals surface area contributed by atoms with Crippen molar-refractivity contribution in [3.8, 4) is 0 Å². The molecule has 0 aliphatic heterocycles. The lowest BCUT2D eigenvalue weighted by Crippen LogP contribution is -2.12. The summed E-state index contributed by atoms with van der Waals surface area (Å²) >= 11 is 11.6. The van der Waals surface area contributed by atoms with Crippen LogP contribution < -0.4 is 5.32 Å². The highest BCUT2D eigenvalue weighted by atomic mass is 35.5. The summed E-state index contributed by atoms with van der Waals surface area (Å²) in [6, 6.07) is 10.1. The number of halogens is 2. The van der Waals surface area contributed by atoms with Crippen molar-refractivity contribution in [1.82, 2.24) is 4.98 Å². The fourth-order valence-corrected chi connectivity index (χ4v) is 1.72. The van der Waals surface area contributed by atoms with Gasteiger partial charge in [-0.15, -0.1) is 0 Å². The number of benzene rings is 1. The van der Waals surface area contributed by atoms with E-state index in [1.54, 1.807) is 36.4 Å². The second kappa shape index (κ2) is 5.17. The van der Waals surface area contributed by atoms with Crippen LogP contribution in [0.1, 0.15) is 10.4 Å². The summed E-state index contributed by atoms with van der Waals surface area (Å²) < 4.78 is 0. The van der Waals surface area contributed by atoms with Gasteiger partial charge in [-0.05, 0) is 24.3 Å². The fraction of sp³-hybridized carbons (Fsp3) is 0. The standard InChI is InChI=1S/C12H8Cl2N2O/c13-10-4-2-1-3-9(10)12(17)16-8-5-6-15-11(14)7-8/h1-7H,(H,15,16,17). The number of carbonyl (C=O) groups excluding carboxylic acids is 1. The molecule has 0 aliphatic rings. The average Bonchev–Trinajstić information content (AvgIpc) is 2.29. The SMILES string of the molecule is O=C(Nc1ccnc(Cl)c1)c1ccccc1Cl. The van der Waals surface area contributed by atoms with Gasteiger partial charge in [0.1, 0.15) is 5.15 Å². The van der Waals surface area contributed by atoms with Crippen molar-refractivity contribution in [2.24, 2.45) is 0 Å². The Hall–Kier alpha value is -1.58. The molecule has 0 fully saturated rings. The maximum Gasteiger partial charge on any atom is 0.257 e. The van der Waals surface area contributed by atoms with Gasteiger partial charge in [-0.1, -0.05) is 35.3 Å². The minimum atomic E-state index is -0.280. The highest BCUT2D eigenvalue weighted by Gasteiger charge is 2.09. The second-order valence-corrected chi connectivity index (χ2v) is 4.10. The van der Waals surface area contributed by atoms with E-state index in [9.17, 15) is 4.79 Å². The number of aromatic nitrogens is 1. The third-order valence-electron chi connectivity index (χ3n) is 2.10. The number of nitrogens with one attached hydrogen (secondary N) is 1. The molecule has 1 heterocycles. The van der Waals surface area contributed by atoms with Gasteiger partial charge in [-0.3, -0.25) is 4.79 Å². The first-order valence-corrected chi connectivity index (χ1v) is 5.60. The van der Waals surface area contributed by atoms with Gasteiger partial charge in [-0.2, -0.15) is 0 Å². The maximum atomic E-state index is 11.9. The Kier molecular flexibility index (Phi) is 3.61. The van der Waals surface area contributed by atoms with Gasteiger partial charge in [-0.25, -0.2) is 4.98 Å². The van der Waals surface area contributed by atoms with Crippen LogP contribution in [-0.2, 0) is 0 Å². The Morgan fingerprint density at radius 3 is 2.65 bits per heavy atom. The van der Waals surface area contributed by atoms with E-state index in [4.69, 9.17) is 23.2 Å². The van der Waals surface area contributed by atoms with Crippen molar-refractivity contribution in [3.05, 3.63) is 58.3 Å². The average molecular weight is 267 g/mol. The third kappa shape index (κ3) is 2.96. The van der Waals surface area contributed by atoms with Crippen molar-refractivity contribution in [2.75, 3.05) is 5.32 Å². The molecule has 1 aromatic carbocycles. The van der Waals surface area contributed by atoms with Crippen molar-refractivity contribution >= 4 is 34.8 Å².